The number of para-hydroxylation sites is 1. The molecule has 0 saturated heterocycles. The lowest BCUT2D eigenvalue weighted by Crippen LogP contribution is -2.30. The largest absolute Gasteiger partial charge is 0.433 e. The van der Waals surface area contributed by atoms with E-state index in [1.165, 1.54) is 6.07 Å². The first-order valence-electron chi connectivity index (χ1n) is 10.5. The molecule has 8 heteroatoms. The van der Waals surface area contributed by atoms with Crippen molar-refractivity contribution in [2.45, 2.75) is 32.4 Å². The summed E-state index contributed by atoms with van der Waals surface area (Å²) in [6, 6.07) is 9.93. The summed E-state index contributed by atoms with van der Waals surface area (Å²) in [5.41, 5.74) is 2.72. The number of halogens is 2. The molecule has 0 fully saturated rings. The van der Waals surface area contributed by atoms with Crippen LogP contribution in [0.25, 0.3) is 16.7 Å². The number of rotatable bonds is 5. The third-order valence-electron chi connectivity index (χ3n) is 5.55. The van der Waals surface area contributed by atoms with Gasteiger partial charge in [0.2, 0.25) is 0 Å². The van der Waals surface area contributed by atoms with Gasteiger partial charge in [-0.05, 0) is 43.8 Å². The van der Waals surface area contributed by atoms with Gasteiger partial charge in [-0.1, -0.05) is 24.8 Å². The number of ether oxygens (including phenoxy) is 1. The number of fused-ring (bicyclic) bond motifs is 5. The summed E-state index contributed by atoms with van der Waals surface area (Å²) in [7, 11) is 3.57. The lowest BCUT2D eigenvalue weighted by atomic mass is 10.1. The van der Waals surface area contributed by atoms with Crippen molar-refractivity contribution < 1.29 is 18.3 Å². The van der Waals surface area contributed by atoms with Crippen LogP contribution in [0.15, 0.2) is 36.4 Å². The molecule has 0 aliphatic carbocycles. The lowest BCUT2D eigenvalue weighted by molar-refractivity contribution is -0.0498. The van der Waals surface area contributed by atoms with Gasteiger partial charge in [0, 0.05) is 25.6 Å². The molecule has 1 aromatic heterocycles. The second-order valence-electron chi connectivity index (χ2n) is 7.54. The number of hydrogen-bond donors (Lipinski definition) is 1. The summed E-state index contributed by atoms with van der Waals surface area (Å²) in [6.45, 7) is -0.277. The molecule has 1 atom stereocenters. The molecule has 6 nitrogen and oxygen atoms in total. The minimum Gasteiger partial charge on any atom is -0.433 e. The molecule has 4 rings (SSSR count). The van der Waals surface area contributed by atoms with Crippen molar-refractivity contribution in [2.75, 3.05) is 20.6 Å². The van der Waals surface area contributed by atoms with Crippen LogP contribution in [-0.4, -0.2) is 47.6 Å². The molecule has 1 amide bonds. The van der Waals surface area contributed by atoms with Crippen LogP contribution in [0.1, 0.15) is 47.6 Å². The fraction of sp³-hybridized carbons (Fsp3) is 0.333. The van der Waals surface area contributed by atoms with Gasteiger partial charge in [0.25, 0.3) is 5.91 Å². The topological polar surface area (TPSA) is 59.4 Å². The van der Waals surface area contributed by atoms with E-state index in [0.29, 0.717) is 29.7 Å². The molecule has 166 valence electrons. The molecule has 0 spiro atoms. The van der Waals surface area contributed by atoms with Crippen LogP contribution in [0.2, 0.25) is 0 Å². The smallest absolute Gasteiger partial charge is 0.387 e. The van der Waals surface area contributed by atoms with E-state index >= 15 is 0 Å². The molecule has 0 saturated carbocycles. The van der Waals surface area contributed by atoms with Crippen molar-refractivity contribution in [1.82, 2.24) is 19.8 Å². The predicted octanol–water partition coefficient (Wildman–Crippen LogP) is 4.12. The van der Waals surface area contributed by atoms with Crippen LogP contribution < -0.4 is 10.1 Å². The molecule has 3 aromatic rings. The number of benzene rings is 2. The van der Waals surface area contributed by atoms with Crippen LogP contribution in [0.5, 0.6) is 5.75 Å². The van der Waals surface area contributed by atoms with Gasteiger partial charge in [0.05, 0.1) is 22.6 Å². The van der Waals surface area contributed by atoms with Crippen LogP contribution >= 0.6 is 0 Å². The van der Waals surface area contributed by atoms with E-state index in [1.807, 2.05) is 32.2 Å². The summed E-state index contributed by atoms with van der Waals surface area (Å²) in [5, 5.41) is 3.05. The van der Waals surface area contributed by atoms with E-state index < -0.39 is 6.61 Å². The van der Waals surface area contributed by atoms with Gasteiger partial charge in [-0.25, -0.2) is 4.98 Å². The van der Waals surface area contributed by atoms with Crippen molar-refractivity contribution in [3.05, 3.63) is 53.3 Å². The van der Waals surface area contributed by atoms with Crippen molar-refractivity contribution in [2.24, 2.45) is 0 Å². The third-order valence-corrected chi connectivity index (χ3v) is 5.55. The van der Waals surface area contributed by atoms with Gasteiger partial charge in [0.1, 0.15) is 11.5 Å². The second kappa shape index (κ2) is 8.97. The number of carbonyl (C=O) groups is 1. The Morgan fingerprint density at radius 1 is 1.28 bits per heavy atom. The van der Waals surface area contributed by atoms with E-state index in [4.69, 9.17) is 9.72 Å². The summed E-state index contributed by atoms with van der Waals surface area (Å²) < 4.78 is 33.1. The number of carbonyl (C=O) groups excluding carboxylic acids is 1. The van der Waals surface area contributed by atoms with E-state index in [2.05, 4.69) is 17.2 Å². The molecule has 0 unspecified atom stereocenters. The van der Waals surface area contributed by atoms with Gasteiger partial charge in [-0.15, -0.1) is 0 Å². The Bertz CT molecular complexity index is 1230. The number of amides is 1. The monoisotopic (exact) mass is 438 g/mol. The van der Waals surface area contributed by atoms with Crippen molar-refractivity contribution in [1.29, 1.82) is 0 Å². The summed E-state index contributed by atoms with van der Waals surface area (Å²) >= 11 is 0. The summed E-state index contributed by atoms with van der Waals surface area (Å²) in [6.07, 6.45) is 1.31. The molecule has 1 aliphatic heterocycles. The zero-order valence-corrected chi connectivity index (χ0v) is 18.2. The Morgan fingerprint density at radius 2 is 2.09 bits per heavy atom. The van der Waals surface area contributed by atoms with Crippen LogP contribution in [0.4, 0.5) is 8.78 Å². The zero-order valence-electron chi connectivity index (χ0n) is 18.2. The van der Waals surface area contributed by atoms with Gasteiger partial charge < -0.3 is 15.0 Å². The van der Waals surface area contributed by atoms with E-state index in [9.17, 15) is 13.6 Å². The third kappa shape index (κ3) is 3.80. The highest BCUT2D eigenvalue weighted by atomic mass is 19.3. The average molecular weight is 438 g/mol. The maximum atomic E-state index is 13.2. The Labute approximate surface area is 185 Å². The highest BCUT2D eigenvalue weighted by Crippen LogP contribution is 2.40. The lowest BCUT2D eigenvalue weighted by Gasteiger charge is -2.24. The Kier molecular flexibility index (Phi) is 6.10. The first-order chi connectivity index (χ1) is 15.5. The van der Waals surface area contributed by atoms with Crippen molar-refractivity contribution >= 4 is 16.9 Å². The first-order valence-corrected chi connectivity index (χ1v) is 10.5. The first kappa shape index (κ1) is 21.8. The minimum absolute atomic E-state index is 0.0675. The molecular weight excluding hydrogens is 414 g/mol. The number of nitrogens with one attached hydrogen (secondary N) is 1. The highest BCUT2D eigenvalue weighted by Gasteiger charge is 2.35. The number of imidazole rings is 1. The van der Waals surface area contributed by atoms with Gasteiger partial charge in [-0.2, -0.15) is 8.78 Å². The Morgan fingerprint density at radius 3 is 2.81 bits per heavy atom. The summed E-state index contributed by atoms with van der Waals surface area (Å²) in [5.74, 6) is 6.51. The normalized spacial score (nSPS) is 15.2. The highest BCUT2D eigenvalue weighted by molar-refractivity contribution is 6.00. The molecule has 32 heavy (non-hydrogen) atoms. The number of alkyl halides is 2. The van der Waals surface area contributed by atoms with Crippen LogP contribution in [0.3, 0.4) is 0 Å². The Balaban J connectivity index is 2.00. The molecular formula is C24H24F2N4O2. The van der Waals surface area contributed by atoms with Gasteiger partial charge in [0.15, 0.2) is 5.75 Å². The maximum absolute atomic E-state index is 13.2. The van der Waals surface area contributed by atoms with Crippen LogP contribution in [-0.2, 0) is 0 Å². The molecule has 0 bridgehead atoms. The average Bonchev–Trinajstić information content (AvgIpc) is 3.10. The van der Waals surface area contributed by atoms with E-state index in [-0.39, 0.29) is 28.9 Å². The van der Waals surface area contributed by atoms with Crippen molar-refractivity contribution in [3.63, 3.8) is 0 Å². The van der Waals surface area contributed by atoms with Crippen LogP contribution in [0, 0.1) is 11.8 Å². The minimum atomic E-state index is -3.02. The van der Waals surface area contributed by atoms with E-state index in [0.717, 1.165) is 12.1 Å². The summed E-state index contributed by atoms with van der Waals surface area (Å²) in [4.78, 5) is 19.6. The predicted molar refractivity (Wildman–Crippen MR) is 118 cm³/mol. The number of hydrogen-bond acceptors (Lipinski definition) is 4. The molecule has 2 aromatic carbocycles. The van der Waals surface area contributed by atoms with Crippen molar-refractivity contribution in [3.8, 4) is 23.3 Å². The van der Waals surface area contributed by atoms with Gasteiger partial charge in [-0.3, -0.25) is 9.36 Å². The molecule has 2 heterocycles. The van der Waals surface area contributed by atoms with Gasteiger partial charge >= 0.3 is 6.61 Å². The standard InChI is InChI=1S/C24H24F2N4O2/c1-4-18-22-28-17-12-11-15(8-5-6-13-27-2)14-19(17)30(22)21-16(23(31)29(18)3)9-7-10-20(21)32-24(25)26/h7,9-12,14,18,24,27H,4,6,13H2,1-3H3/t18-/m1/s1. The fourth-order valence-electron chi connectivity index (χ4n) is 4.06. The fourth-order valence-corrected chi connectivity index (χ4v) is 4.06. The molecule has 0 radical (unpaired) electrons. The maximum Gasteiger partial charge on any atom is 0.387 e. The second-order valence-corrected chi connectivity index (χ2v) is 7.54. The Hall–Kier alpha value is -3.44. The zero-order chi connectivity index (χ0) is 22.8. The molecule has 1 aliphatic rings. The quantitative estimate of drug-likeness (QED) is 0.481. The SMILES string of the molecule is CC[C@@H]1c2nc3ccc(C#CCCNC)cc3n2-c2c(OC(F)F)cccc2C(=O)N1C. The number of nitrogens with zero attached hydrogens (tertiary/aromatic N) is 3. The molecule has 1 N–H and O–H groups in total. The number of aromatic nitrogens is 2. The van der Waals surface area contributed by atoms with E-state index in [1.54, 1.807) is 28.6 Å².